The van der Waals surface area contributed by atoms with Crippen LogP contribution in [0.2, 0.25) is 0 Å². The average Bonchev–Trinajstić information content (AvgIpc) is 2.54. The molecule has 0 fully saturated rings. The van der Waals surface area contributed by atoms with Gasteiger partial charge in [-0.3, -0.25) is 14.2 Å². The van der Waals surface area contributed by atoms with Crippen LogP contribution in [0.25, 0.3) is 10.9 Å². The molecule has 0 radical (unpaired) electrons. The van der Waals surface area contributed by atoms with Crippen LogP contribution in [0.5, 0.6) is 0 Å². The van der Waals surface area contributed by atoms with Crippen LogP contribution in [0.15, 0.2) is 33.8 Å². The van der Waals surface area contributed by atoms with E-state index in [9.17, 15) is 14.4 Å². The van der Waals surface area contributed by atoms with Gasteiger partial charge in [-0.15, -0.1) is 0 Å². The van der Waals surface area contributed by atoms with Crippen molar-refractivity contribution in [3.8, 4) is 0 Å². The molecule has 0 bridgehead atoms. The first-order valence-electron chi connectivity index (χ1n) is 7.59. The fraction of sp³-hybridized carbons (Fsp3) is 0.375. The van der Waals surface area contributed by atoms with E-state index in [0.29, 0.717) is 23.7 Å². The highest BCUT2D eigenvalue weighted by molar-refractivity contribution is 9.10. The quantitative estimate of drug-likeness (QED) is 0.745. The number of unbranched alkanes of at least 4 members (excludes halogenated alkanes) is 1. The van der Waals surface area contributed by atoms with E-state index in [-0.39, 0.29) is 12.1 Å². The number of carbonyl (C=O) groups is 2. The van der Waals surface area contributed by atoms with Crippen LogP contribution in [0, 0.1) is 0 Å². The van der Waals surface area contributed by atoms with E-state index in [1.165, 1.54) is 10.9 Å². The molecule has 0 aliphatic rings. The summed E-state index contributed by atoms with van der Waals surface area (Å²) in [6.07, 6.45) is 3.18. The number of hydrogen-bond acceptors (Lipinski definition) is 4. The zero-order valence-corrected chi connectivity index (χ0v) is 14.7. The first-order valence-corrected chi connectivity index (χ1v) is 8.38. The van der Waals surface area contributed by atoms with E-state index in [2.05, 4.69) is 26.2 Å². The number of rotatable bonds is 7. The molecule has 1 amide bonds. The lowest BCUT2D eigenvalue weighted by Crippen LogP contribution is -2.43. The van der Waals surface area contributed by atoms with Gasteiger partial charge >= 0.3 is 5.97 Å². The molecule has 0 aliphatic carbocycles. The van der Waals surface area contributed by atoms with Crippen molar-refractivity contribution >= 4 is 38.7 Å². The van der Waals surface area contributed by atoms with Gasteiger partial charge in [0.05, 0.1) is 17.2 Å². The second-order valence-electron chi connectivity index (χ2n) is 5.44. The van der Waals surface area contributed by atoms with E-state index in [1.807, 2.05) is 6.92 Å². The fourth-order valence-electron chi connectivity index (χ4n) is 2.30. The van der Waals surface area contributed by atoms with Gasteiger partial charge in [0.2, 0.25) is 5.91 Å². The Kier molecular flexibility index (Phi) is 6.08. The number of fused-ring (bicyclic) bond motifs is 1. The van der Waals surface area contributed by atoms with Gasteiger partial charge in [0.1, 0.15) is 12.6 Å². The van der Waals surface area contributed by atoms with Crippen molar-refractivity contribution in [3.05, 3.63) is 39.4 Å². The molecule has 0 saturated heterocycles. The smallest absolute Gasteiger partial charge is 0.326 e. The van der Waals surface area contributed by atoms with Crippen molar-refractivity contribution in [1.29, 1.82) is 0 Å². The van der Waals surface area contributed by atoms with Gasteiger partial charge in [-0.2, -0.15) is 0 Å². The van der Waals surface area contributed by atoms with Crippen molar-refractivity contribution in [2.75, 3.05) is 0 Å². The molecule has 2 aromatic rings. The number of benzene rings is 1. The van der Waals surface area contributed by atoms with Gasteiger partial charge in [-0.1, -0.05) is 35.7 Å². The summed E-state index contributed by atoms with van der Waals surface area (Å²) in [6, 6.07) is 4.17. The van der Waals surface area contributed by atoms with Crippen LogP contribution in [-0.2, 0) is 16.1 Å². The Hall–Kier alpha value is -2.22. The number of halogens is 1. The summed E-state index contributed by atoms with van der Waals surface area (Å²) in [6.45, 7) is 1.67. The van der Waals surface area contributed by atoms with Crippen LogP contribution in [0.4, 0.5) is 0 Å². The Bertz CT molecular complexity index is 819. The van der Waals surface area contributed by atoms with E-state index in [1.54, 1.807) is 18.2 Å². The van der Waals surface area contributed by atoms with Crippen LogP contribution in [0.3, 0.4) is 0 Å². The molecular weight excluding hydrogens is 378 g/mol. The summed E-state index contributed by atoms with van der Waals surface area (Å²) < 4.78 is 1.91. The topological polar surface area (TPSA) is 101 Å². The minimum absolute atomic E-state index is 0.274. The lowest BCUT2D eigenvalue weighted by atomic mass is 10.1. The fourth-order valence-corrected chi connectivity index (χ4v) is 2.67. The van der Waals surface area contributed by atoms with Crippen molar-refractivity contribution < 1.29 is 14.7 Å². The average molecular weight is 396 g/mol. The standard InChI is InChI=1S/C16H18BrN3O4/c1-2-3-4-13(16(23)24)19-14(21)8-20-9-18-12-6-5-10(17)7-11(12)15(20)22/h5-7,9,13H,2-4,8H2,1H3,(H,19,21)(H,23,24). The molecule has 7 nitrogen and oxygen atoms in total. The second kappa shape index (κ2) is 8.05. The van der Waals surface area contributed by atoms with Crippen molar-refractivity contribution in [1.82, 2.24) is 14.9 Å². The van der Waals surface area contributed by atoms with Crippen molar-refractivity contribution in [2.45, 2.75) is 38.8 Å². The number of carboxylic acids is 1. The molecule has 2 N–H and O–H groups in total. The molecule has 1 aromatic heterocycles. The Balaban J connectivity index is 2.16. The van der Waals surface area contributed by atoms with Gasteiger partial charge in [0, 0.05) is 4.47 Å². The number of carbonyl (C=O) groups excluding carboxylic acids is 1. The summed E-state index contributed by atoms with van der Waals surface area (Å²) in [7, 11) is 0. The number of nitrogens with one attached hydrogen (secondary N) is 1. The number of carboxylic acid groups (broad SMARTS) is 1. The second-order valence-corrected chi connectivity index (χ2v) is 6.36. The van der Waals surface area contributed by atoms with Crippen molar-refractivity contribution in [3.63, 3.8) is 0 Å². The van der Waals surface area contributed by atoms with Crippen LogP contribution >= 0.6 is 15.9 Å². The molecule has 1 aromatic carbocycles. The van der Waals surface area contributed by atoms with Crippen LogP contribution < -0.4 is 10.9 Å². The predicted molar refractivity (Wildman–Crippen MR) is 92.8 cm³/mol. The number of aromatic nitrogens is 2. The van der Waals surface area contributed by atoms with Crippen LogP contribution in [0.1, 0.15) is 26.2 Å². The highest BCUT2D eigenvalue weighted by Crippen LogP contribution is 2.14. The van der Waals surface area contributed by atoms with Gasteiger partial charge < -0.3 is 10.4 Å². The highest BCUT2D eigenvalue weighted by atomic mass is 79.9. The Morgan fingerprint density at radius 1 is 1.42 bits per heavy atom. The Labute approximate surface area is 146 Å². The maximum atomic E-state index is 12.4. The third-order valence-electron chi connectivity index (χ3n) is 3.58. The van der Waals surface area contributed by atoms with Gasteiger partial charge in [-0.25, -0.2) is 9.78 Å². The first kappa shape index (κ1) is 18.1. The molecule has 0 saturated carbocycles. The maximum absolute atomic E-state index is 12.4. The zero-order chi connectivity index (χ0) is 17.7. The molecule has 24 heavy (non-hydrogen) atoms. The minimum atomic E-state index is -1.08. The summed E-state index contributed by atoms with van der Waals surface area (Å²) in [4.78, 5) is 39.8. The lowest BCUT2D eigenvalue weighted by molar-refractivity contribution is -0.142. The molecule has 2 rings (SSSR count). The summed E-state index contributed by atoms with van der Waals surface area (Å²) in [5.74, 6) is -1.61. The molecule has 8 heteroatoms. The van der Waals surface area contributed by atoms with Gasteiger partial charge in [-0.05, 0) is 24.6 Å². The molecule has 1 unspecified atom stereocenters. The monoisotopic (exact) mass is 395 g/mol. The van der Waals surface area contributed by atoms with E-state index < -0.39 is 17.9 Å². The number of amides is 1. The predicted octanol–water partition coefficient (Wildman–Crippen LogP) is 1.92. The number of hydrogen-bond donors (Lipinski definition) is 2. The first-order chi connectivity index (χ1) is 11.4. The molecule has 1 heterocycles. The van der Waals surface area contributed by atoms with Gasteiger partial charge in [0.25, 0.3) is 5.56 Å². The summed E-state index contributed by atoms with van der Waals surface area (Å²) in [5, 5.41) is 12.0. The van der Waals surface area contributed by atoms with Gasteiger partial charge in [0.15, 0.2) is 0 Å². The van der Waals surface area contributed by atoms with E-state index >= 15 is 0 Å². The third kappa shape index (κ3) is 4.41. The summed E-state index contributed by atoms with van der Waals surface area (Å²) in [5.41, 5.74) is 0.183. The van der Waals surface area contributed by atoms with Crippen LogP contribution in [-0.4, -0.2) is 32.6 Å². The maximum Gasteiger partial charge on any atom is 0.326 e. The molecular formula is C16H18BrN3O4. The largest absolute Gasteiger partial charge is 0.480 e. The SMILES string of the molecule is CCCCC(NC(=O)Cn1cnc2ccc(Br)cc2c1=O)C(=O)O. The number of aliphatic carboxylic acids is 1. The molecule has 0 spiro atoms. The lowest BCUT2D eigenvalue weighted by Gasteiger charge is -2.14. The highest BCUT2D eigenvalue weighted by Gasteiger charge is 2.19. The normalized spacial score (nSPS) is 12.1. The van der Waals surface area contributed by atoms with Crippen molar-refractivity contribution in [2.24, 2.45) is 0 Å². The number of nitrogens with zero attached hydrogens (tertiary/aromatic N) is 2. The molecule has 1 atom stereocenters. The Morgan fingerprint density at radius 2 is 2.17 bits per heavy atom. The van der Waals surface area contributed by atoms with E-state index in [0.717, 1.165) is 10.9 Å². The minimum Gasteiger partial charge on any atom is -0.480 e. The zero-order valence-electron chi connectivity index (χ0n) is 13.2. The van der Waals surface area contributed by atoms with E-state index in [4.69, 9.17) is 5.11 Å². The Morgan fingerprint density at radius 3 is 2.83 bits per heavy atom. The molecule has 128 valence electrons. The third-order valence-corrected chi connectivity index (χ3v) is 4.07. The molecule has 0 aliphatic heterocycles. The summed E-state index contributed by atoms with van der Waals surface area (Å²) >= 11 is 3.29.